The molecule has 0 spiro atoms. The van der Waals surface area contributed by atoms with Gasteiger partial charge in [-0.15, -0.1) is 12.4 Å². The number of hydrogen-bond acceptors (Lipinski definition) is 3. The number of carboxylic acids is 1. The van der Waals surface area contributed by atoms with Gasteiger partial charge in [-0.05, 0) is 18.5 Å². The number of carbonyl (C=O) groups is 1. The Morgan fingerprint density at radius 1 is 1.41 bits per heavy atom. The van der Waals surface area contributed by atoms with Crippen LogP contribution < -0.4 is 5.32 Å². The molecule has 0 saturated carbocycles. The van der Waals surface area contributed by atoms with Crippen LogP contribution in [0.2, 0.25) is 0 Å². The quantitative estimate of drug-likeness (QED) is 0.864. The Morgan fingerprint density at radius 3 is 2.65 bits per heavy atom. The molecule has 1 aromatic rings. The van der Waals surface area contributed by atoms with Gasteiger partial charge in [-0.2, -0.15) is 0 Å². The van der Waals surface area contributed by atoms with E-state index >= 15 is 0 Å². The van der Waals surface area contributed by atoms with Crippen molar-refractivity contribution < 1.29 is 14.6 Å². The summed E-state index contributed by atoms with van der Waals surface area (Å²) < 4.78 is 5.53. The first-order valence-corrected chi connectivity index (χ1v) is 5.39. The number of nitrogens with one attached hydrogen (secondary N) is 1. The van der Waals surface area contributed by atoms with E-state index in [9.17, 15) is 4.79 Å². The molecule has 1 aliphatic heterocycles. The lowest BCUT2D eigenvalue weighted by Crippen LogP contribution is -2.49. The molecule has 17 heavy (non-hydrogen) atoms. The predicted octanol–water partition coefficient (Wildman–Crippen LogP) is 1.79. The Kier molecular flexibility index (Phi) is 4.93. The van der Waals surface area contributed by atoms with Crippen LogP contribution in [0.15, 0.2) is 30.3 Å². The van der Waals surface area contributed by atoms with Crippen molar-refractivity contribution >= 4 is 18.4 Å². The fraction of sp³-hybridized carbons (Fsp3) is 0.417. The maximum atomic E-state index is 11.2. The highest BCUT2D eigenvalue weighted by Crippen LogP contribution is 2.22. The first kappa shape index (κ1) is 14.0. The molecular weight excluding hydrogens is 242 g/mol. The first-order valence-electron chi connectivity index (χ1n) is 5.39. The normalized spacial score (nSPS) is 23.1. The molecule has 0 bridgehead atoms. The molecule has 94 valence electrons. The van der Waals surface area contributed by atoms with Crippen molar-refractivity contribution in [3.63, 3.8) is 0 Å². The van der Waals surface area contributed by atoms with Gasteiger partial charge in [0.05, 0.1) is 6.61 Å². The fourth-order valence-electron chi connectivity index (χ4n) is 1.86. The average Bonchev–Trinajstić information content (AvgIpc) is 2.78. The molecule has 4 nitrogen and oxygen atoms in total. The topological polar surface area (TPSA) is 58.6 Å². The van der Waals surface area contributed by atoms with E-state index < -0.39 is 11.7 Å². The largest absolute Gasteiger partial charge is 0.478 e. The van der Waals surface area contributed by atoms with Gasteiger partial charge in [0.25, 0.3) is 0 Å². The number of ether oxygens (including phenoxy) is 1. The Morgan fingerprint density at radius 2 is 2.12 bits per heavy atom. The minimum atomic E-state index is -1.18. The van der Waals surface area contributed by atoms with Crippen molar-refractivity contribution in [1.82, 2.24) is 5.32 Å². The number of carboxylic acid groups (broad SMARTS) is 1. The summed E-state index contributed by atoms with van der Waals surface area (Å²) in [5.41, 5.74) is -0.202. The monoisotopic (exact) mass is 257 g/mol. The Labute approximate surface area is 106 Å². The third-order valence-corrected chi connectivity index (χ3v) is 2.79. The highest BCUT2D eigenvalue weighted by atomic mass is 35.5. The maximum Gasteiger partial charge on any atom is 0.351 e. The van der Waals surface area contributed by atoms with Crippen molar-refractivity contribution in [2.45, 2.75) is 25.2 Å². The summed E-state index contributed by atoms with van der Waals surface area (Å²) in [7, 11) is 0. The van der Waals surface area contributed by atoms with Gasteiger partial charge in [0.15, 0.2) is 0 Å². The summed E-state index contributed by atoms with van der Waals surface area (Å²) in [6.07, 6.45) is 1.36. The predicted molar refractivity (Wildman–Crippen MR) is 66.1 cm³/mol. The lowest BCUT2D eigenvalue weighted by molar-refractivity contribution is -0.170. The SMILES string of the molecule is Cl.O=C(O)[C@]1(OCc2ccccc2)CCCN1. The zero-order valence-corrected chi connectivity index (χ0v) is 10.2. The third kappa shape index (κ3) is 3.19. The van der Waals surface area contributed by atoms with E-state index in [2.05, 4.69) is 5.32 Å². The zero-order valence-electron chi connectivity index (χ0n) is 9.39. The molecule has 1 heterocycles. The summed E-state index contributed by atoms with van der Waals surface area (Å²) in [5.74, 6) is -0.930. The van der Waals surface area contributed by atoms with Crippen molar-refractivity contribution in [1.29, 1.82) is 0 Å². The molecule has 0 amide bonds. The van der Waals surface area contributed by atoms with Gasteiger partial charge in [0, 0.05) is 6.42 Å². The average molecular weight is 258 g/mol. The Hall–Kier alpha value is -1.10. The van der Waals surface area contributed by atoms with Gasteiger partial charge >= 0.3 is 5.97 Å². The van der Waals surface area contributed by atoms with Gasteiger partial charge < -0.3 is 9.84 Å². The minimum Gasteiger partial charge on any atom is -0.478 e. The first-order chi connectivity index (χ1) is 7.73. The molecule has 1 saturated heterocycles. The lowest BCUT2D eigenvalue weighted by Gasteiger charge is -2.24. The van der Waals surface area contributed by atoms with Crippen LogP contribution in [0.1, 0.15) is 18.4 Å². The van der Waals surface area contributed by atoms with Crippen LogP contribution in [0, 0.1) is 0 Å². The van der Waals surface area contributed by atoms with Gasteiger partial charge in [-0.3, -0.25) is 5.32 Å². The summed E-state index contributed by atoms with van der Waals surface area (Å²) >= 11 is 0. The van der Waals surface area contributed by atoms with Gasteiger partial charge in [0.2, 0.25) is 5.72 Å². The van der Waals surface area contributed by atoms with E-state index in [-0.39, 0.29) is 12.4 Å². The Bertz CT molecular complexity index is 363. The van der Waals surface area contributed by atoms with Crippen LogP contribution in [0.25, 0.3) is 0 Å². The summed E-state index contributed by atoms with van der Waals surface area (Å²) in [6, 6.07) is 9.59. The molecule has 1 fully saturated rings. The van der Waals surface area contributed by atoms with E-state index in [4.69, 9.17) is 9.84 Å². The second-order valence-corrected chi connectivity index (χ2v) is 3.94. The van der Waals surface area contributed by atoms with Gasteiger partial charge in [-0.1, -0.05) is 30.3 Å². The molecule has 0 unspecified atom stereocenters. The van der Waals surface area contributed by atoms with E-state index in [0.717, 1.165) is 12.0 Å². The van der Waals surface area contributed by atoms with E-state index in [1.807, 2.05) is 30.3 Å². The summed E-state index contributed by atoms with van der Waals surface area (Å²) in [6.45, 7) is 1.02. The van der Waals surface area contributed by atoms with E-state index in [1.165, 1.54) is 0 Å². The molecular formula is C12H16ClNO3. The van der Waals surface area contributed by atoms with Crippen LogP contribution >= 0.6 is 12.4 Å². The van der Waals surface area contributed by atoms with Crippen molar-refractivity contribution in [2.75, 3.05) is 6.54 Å². The number of hydrogen-bond donors (Lipinski definition) is 2. The molecule has 0 aliphatic carbocycles. The molecule has 5 heteroatoms. The van der Waals surface area contributed by atoms with Crippen LogP contribution in [0.5, 0.6) is 0 Å². The van der Waals surface area contributed by atoms with Crippen molar-refractivity contribution in [3.05, 3.63) is 35.9 Å². The molecule has 1 aromatic carbocycles. The second kappa shape index (κ2) is 6.00. The number of aliphatic carboxylic acids is 1. The molecule has 1 aliphatic rings. The molecule has 0 aromatic heterocycles. The standard InChI is InChI=1S/C12H15NO3.ClH/c14-11(15)12(7-4-8-13-12)16-9-10-5-2-1-3-6-10;/h1-3,5-6,13H,4,7-9H2,(H,14,15);1H/t12-;/m1./s1. The van der Waals surface area contributed by atoms with E-state index in [1.54, 1.807) is 0 Å². The van der Waals surface area contributed by atoms with Crippen LogP contribution in [-0.4, -0.2) is 23.3 Å². The third-order valence-electron chi connectivity index (χ3n) is 2.79. The lowest BCUT2D eigenvalue weighted by atomic mass is 10.1. The van der Waals surface area contributed by atoms with Crippen LogP contribution in [0.3, 0.4) is 0 Å². The van der Waals surface area contributed by atoms with Gasteiger partial charge in [-0.25, -0.2) is 4.79 Å². The molecule has 2 N–H and O–H groups in total. The smallest absolute Gasteiger partial charge is 0.351 e. The highest BCUT2D eigenvalue weighted by Gasteiger charge is 2.42. The second-order valence-electron chi connectivity index (χ2n) is 3.94. The maximum absolute atomic E-state index is 11.2. The number of halogens is 1. The van der Waals surface area contributed by atoms with Crippen LogP contribution in [-0.2, 0) is 16.1 Å². The number of benzene rings is 1. The van der Waals surface area contributed by atoms with Crippen molar-refractivity contribution in [3.8, 4) is 0 Å². The molecule has 1 atom stereocenters. The highest BCUT2D eigenvalue weighted by molar-refractivity contribution is 5.85. The fourth-order valence-corrected chi connectivity index (χ4v) is 1.86. The van der Waals surface area contributed by atoms with Crippen molar-refractivity contribution in [2.24, 2.45) is 0 Å². The Balaban J connectivity index is 0.00000144. The summed E-state index contributed by atoms with van der Waals surface area (Å²) in [5, 5.41) is 12.1. The molecule has 2 rings (SSSR count). The number of rotatable bonds is 4. The summed E-state index contributed by atoms with van der Waals surface area (Å²) in [4.78, 5) is 11.2. The van der Waals surface area contributed by atoms with E-state index in [0.29, 0.717) is 19.6 Å². The van der Waals surface area contributed by atoms with Crippen LogP contribution in [0.4, 0.5) is 0 Å². The molecule has 0 radical (unpaired) electrons. The zero-order chi connectivity index (χ0) is 11.4. The van der Waals surface area contributed by atoms with Gasteiger partial charge in [0.1, 0.15) is 0 Å². The minimum absolute atomic E-state index is 0.